The van der Waals surface area contributed by atoms with Gasteiger partial charge in [-0.3, -0.25) is 9.78 Å². The molecule has 0 saturated carbocycles. The number of benzene rings is 2. The molecule has 0 unspecified atom stereocenters. The Bertz CT molecular complexity index is 956. The smallest absolute Gasteiger partial charge is 0.276 e. The Morgan fingerprint density at radius 3 is 2.68 bits per heavy atom. The number of ether oxygens (including phenoxy) is 1. The number of carbonyl (C=O) groups excluding carboxylic acids is 1. The van der Waals surface area contributed by atoms with E-state index in [4.69, 9.17) is 4.74 Å². The molecule has 0 aliphatic rings. The van der Waals surface area contributed by atoms with Crippen LogP contribution >= 0.6 is 0 Å². The molecule has 5 heteroatoms. The van der Waals surface area contributed by atoms with Gasteiger partial charge in [0.05, 0.1) is 7.11 Å². The molecule has 0 aliphatic carbocycles. The second-order valence-corrected chi connectivity index (χ2v) is 6.48. The highest BCUT2D eigenvalue weighted by Crippen LogP contribution is 2.21. The largest absolute Gasteiger partial charge is 0.496 e. The van der Waals surface area contributed by atoms with Crippen LogP contribution in [0.15, 0.2) is 66.9 Å². The van der Waals surface area contributed by atoms with Gasteiger partial charge in [0, 0.05) is 36.2 Å². The van der Waals surface area contributed by atoms with Gasteiger partial charge >= 0.3 is 0 Å². The molecular formula is C23H25N3O2. The number of aryl methyl sites for hydroxylation is 1. The lowest BCUT2D eigenvalue weighted by molar-refractivity contribution is 0.0983. The SMILES string of the molecule is CCN(C(=O)c1cc(NCc2ccccc2OC)ccn1)c1cccc(C)c1. The number of amides is 1. The topological polar surface area (TPSA) is 54.5 Å². The van der Waals surface area contributed by atoms with E-state index >= 15 is 0 Å². The summed E-state index contributed by atoms with van der Waals surface area (Å²) in [5, 5.41) is 3.35. The Balaban J connectivity index is 1.77. The fourth-order valence-corrected chi connectivity index (χ4v) is 3.08. The fourth-order valence-electron chi connectivity index (χ4n) is 3.08. The first-order chi connectivity index (χ1) is 13.6. The third-order valence-corrected chi connectivity index (χ3v) is 4.53. The van der Waals surface area contributed by atoms with Crippen molar-refractivity contribution in [3.05, 3.63) is 83.7 Å². The molecule has 3 aromatic rings. The summed E-state index contributed by atoms with van der Waals surface area (Å²) in [6.45, 7) is 5.15. The summed E-state index contributed by atoms with van der Waals surface area (Å²) in [4.78, 5) is 19.1. The maximum atomic E-state index is 13.0. The Hall–Kier alpha value is -3.34. The van der Waals surface area contributed by atoms with Crippen LogP contribution in [0, 0.1) is 6.92 Å². The van der Waals surface area contributed by atoms with Crippen LogP contribution in [0.3, 0.4) is 0 Å². The number of pyridine rings is 1. The van der Waals surface area contributed by atoms with Crippen molar-refractivity contribution >= 4 is 17.3 Å². The Labute approximate surface area is 166 Å². The molecule has 3 rings (SSSR count). The van der Waals surface area contributed by atoms with Crippen molar-refractivity contribution < 1.29 is 9.53 Å². The van der Waals surface area contributed by atoms with Gasteiger partial charge in [-0.15, -0.1) is 0 Å². The van der Waals surface area contributed by atoms with Crippen molar-refractivity contribution in [2.75, 3.05) is 23.9 Å². The molecule has 1 aromatic heterocycles. The predicted molar refractivity (Wildman–Crippen MR) is 113 cm³/mol. The van der Waals surface area contributed by atoms with Gasteiger partial charge in [-0.05, 0) is 49.7 Å². The molecule has 0 spiro atoms. The fraction of sp³-hybridized carbons (Fsp3) is 0.217. The number of rotatable bonds is 7. The van der Waals surface area contributed by atoms with E-state index in [1.54, 1.807) is 24.3 Å². The van der Waals surface area contributed by atoms with Crippen LogP contribution in [0.1, 0.15) is 28.5 Å². The quantitative estimate of drug-likeness (QED) is 0.652. The molecule has 5 nitrogen and oxygen atoms in total. The van der Waals surface area contributed by atoms with E-state index in [0.717, 1.165) is 28.3 Å². The highest BCUT2D eigenvalue weighted by Gasteiger charge is 2.18. The number of anilines is 2. The lowest BCUT2D eigenvalue weighted by atomic mass is 10.2. The van der Waals surface area contributed by atoms with Crippen molar-refractivity contribution in [3.63, 3.8) is 0 Å². The van der Waals surface area contributed by atoms with Gasteiger partial charge in [-0.25, -0.2) is 0 Å². The van der Waals surface area contributed by atoms with E-state index in [9.17, 15) is 4.79 Å². The van der Waals surface area contributed by atoms with Crippen LogP contribution in [-0.2, 0) is 6.54 Å². The van der Waals surface area contributed by atoms with Crippen LogP contribution in [0.4, 0.5) is 11.4 Å². The average molecular weight is 375 g/mol. The van der Waals surface area contributed by atoms with Gasteiger partial charge in [0.15, 0.2) is 0 Å². The van der Waals surface area contributed by atoms with Gasteiger partial charge in [-0.2, -0.15) is 0 Å². The van der Waals surface area contributed by atoms with E-state index < -0.39 is 0 Å². The predicted octanol–water partition coefficient (Wildman–Crippen LogP) is 4.68. The average Bonchev–Trinajstić information content (AvgIpc) is 2.73. The molecule has 0 aliphatic heterocycles. The first kappa shape index (κ1) is 19.4. The van der Waals surface area contributed by atoms with Crippen molar-refractivity contribution in [2.24, 2.45) is 0 Å². The van der Waals surface area contributed by atoms with E-state index in [1.165, 1.54) is 0 Å². The van der Waals surface area contributed by atoms with Gasteiger partial charge < -0.3 is 15.0 Å². The Kier molecular flexibility index (Phi) is 6.27. The van der Waals surface area contributed by atoms with Crippen LogP contribution in [0.2, 0.25) is 0 Å². The molecule has 0 atom stereocenters. The molecule has 0 bridgehead atoms. The summed E-state index contributed by atoms with van der Waals surface area (Å²) < 4.78 is 5.39. The summed E-state index contributed by atoms with van der Waals surface area (Å²) >= 11 is 0. The zero-order chi connectivity index (χ0) is 19.9. The molecule has 1 N–H and O–H groups in total. The zero-order valence-electron chi connectivity index (χ0n) is 16.5. The van der Waals surface area contributed by atoms with Gasteiger partial charge in [0.1, 0.15) is 11.4 Å². The molecule has 0 fully saturated rings. The van der Waals surface area contributed by atoms with Crippen molar-refractivity contribution in [3.8, 4) is 5.75 Å². The van der Waals surface area contributed by atoms with E-state index in [0.29, 0.717) is 18.8 Å². The Morgan fingerprint density at radius 2 is 1.93 bits per heavy atom. The third kappa shape index (κ3) is 4.49. The second kappa shape index (κ2) is 9.04. The first-order valence-electron chi connectivity index (χ1n) is 9.32. The van der Waals surface area contributed by atoms with Crippen molar-refractivity contribution in [2.45, 2.75) is 20.4 Å². The van der Waals surface area contributed by atoms with Crippen molar-refractivity contribution in [1.29, 1.82) is 0 Å². The number of methoxy groups -OCH3 is 1. The van der Waals surface area contributed by atoms with Gasteiger partial charge in [0.25, 0.3) is 5.91 Å². The van der Waals surface area contributed by atoms with Crippen LogP contribution in [0.5, 0.6) is 5.75 Å². The summed E-state index contributed by atoms with van der Waals surface area (Å²) in [5.74, 6) is 0.714. The van der Waals surface area contributed by atoms with Crippen molar-refractivity contribution in [1.82, 2.24) is 4.98 Å². The second-order valence-electron chi connectivity index (χ2n) is 6.48. The molecule has 1 amide bonds. The summed E-state index contributed by atoms with van der Waals surface area (Å²) in [6.07, 6.45) is 1.65. The number of carbonyl (C=O) groups is 1. The molecular weight excluding hydrogens is 350 g/mol. The lowest BCUT2D eigenvalue weighted by Gasteiger charge is -2.21. The highest BCUT2D eigenvalue weighted by molar-refractivity contribution is 6.05. The van der Waals surface area contributed by atoms with Gasteiger partial charge in [0.2, 0.25) is 0 Å². The molecule has 0 radical (unpaired) electrons. The van der Waals surface area contributed by atoms with Crippen LogP contribution in [0.25, 0.3) is 0 Å². The number of para-hydroxylation sites is 1. The minimum absolute atomic E-state index is 0.117. The lowest BCUT2D eigenvalue weighted by Crippen LogP contribution is -2.31. The van der Waals surface area contributed by atoms with Crippen LogP contribution < -0.4 is 15.0 Å². The van der Waals surface area contributed by atoms with E-state index in [1.807, 2.05) is 68.4 Å². The summed E-state index contributed by atoms with van der Waals surface area (Å²) in [7, 11) is 1.66. The molecule has 2 aromatic carbocycles. The molecule has 0 saturated heterocycles. The first-order valence-corrected chi connectivity index (χ1v) is 9.32. The molecule has 1 heterocycles. The minimum Gasteiger partial charge on any atom is -0.496 e. The number of nitrogens with one attached hydrogen (secondary N) is 1. The van der Waals surface area contributed by atoms with Crippen LogP contribution in [-0.4, -0.2) is 24.5 Å². The van der Waals surface area contributed by atoms with Gasteiger partial charge in [-0.1, -0.05) is 30.3 Å². The normalized spacial score (nSPS) is 10.4. The molecule has 28 heavy (non-hydrogen) atoms. The summed E-state index contributed by atoms with van der Waals surface area (Å²) in [6, 6.07) is 19.4. The molecule has 144 valence electrons. The standard InChI is InChI=1S/C23H25N3O2/c1-4-26(20-10-7-8-17(2)14-20)23(27)21-15-19(12-13-24-21)25-16-18-9-5-6-11-22(18)28-3/h5-15H,4,16H2,1-3H3,(H,24,25). The number of hydrogen-bond donors (Lipinski definition) is 1. The summed E-state index contributed by atoms with van der Waals surface area (Å²) in [5.41, 5.74) is 4.29. The number of hydrogen-bond acceptors (Lipinski definition) is 4. The zero-order valence-corrected chi connectivity index (χ0v) is 16.5. The van der Waals surface area contributed by atoms with E-state index in [-0.39, 0.29) is 5.91 Å². The maximum absolute atomic E-state index is 13.0. The third-order valence-electron chi connectivity index (χ3n) is 4.53. The maximum Gasteiger partial charge on any atom is 0.276 e. The number of nitrogens with zero attached hydrogens (tertiary/aromatic N) is 2. The monoisotopic (exact) mass is 375 g/mol. The highest BCUT2D eigenvalue weighted by atomic mass is 16.5. The minimum atomic E-state index is -0.117. The van der Waals surface area contributed by atoms with E-state index in [2.05, 4.69) is 10.3 Å². The number of aromatic nitrogens is 1. The Morgan fingerprint density at radius 1 is 1.11 bits per heavy atom.